The highest BCUT2D eigenvalue weighted by atomic mass is 19.1. The van der Waals surface area contributed by atoms with E-state index in [9.17, 15) is 14.0 Å². The van der Waals surface area contributed by atoms with Crippen LogP contribution in [0.2, 0.25) is 0 Å². The van der Waals surface area contributed by atoms with Crippen LogP contribution in [0.1, 0.15) is 37.0 Å². The van der Waals surface area contributed by atoms with Crippen LogP contribution in [0.3, 0.4) is 0 Å². The van der Waals surface area contributed by atoms with Gasteiger partial charge in [0.2, 0.25) is 6.29 Å². The Morgan fingerprint density at radius 1 is 1.33 bits per heavy atom. The number of carbonyl (C=O) groups is 2. The van der Waals surface area contributed by atoms with Crippen LogP contribution in [0, 0.1) is 0 Å². The van der Waals surface area contributed by atoms with Gasteiger partial charge in [-0.3, -0.25) is 9.59 Å². The van der Waals surface area contributed by atoms with Crippen molar-refractivity contribution in [3.8, 4) is 0 Å². The molecule has 24 heavy (non-hydrogen) atoms. The van der Waals surface area contributed by atoms with Crippen LogP contribution >= 0.6 is 0 Å². The van der Waals surface area contributed by atoms with Crippen molar-refractivity contribution < 1.29 is 23.5 Å². The first-order valence-corrected chi connectivity index (χ1v) is 8.19. The minimum Gasteiger partial charge on any atom is -0.354 e. The van der Waals surface area contributed by atoms with E-state index in [1.807, 2.05) is 4.90 Å². The number of ether oxygens (including phenoxy) is 2. The molecule has 0 radical (unpaired) electrons. The molecule has 0 spiro atoms. The van der Waals surface area contributed by atoms with Crippen LogP contribution in [-0.2, 0) is 14.3 Å². The SMILES string of the molecule is CCOC(OCC)C(=O)CC(=O)c1ccc(N2CCC(F)C2)nc1. The van der Waals surface area contributed by atoms with Gasteiger partial charge in [-0.25, -0.2) is 9.37 Å². The molecular formula is C17H23FN2O4. The van der Waals surface area contributed by atoms with E-state index in [0.29, 0.717) is 44.1 Å². The molecule has 7 heteroatoms. The maximum Gasteiger partial charge on any atom is 0.218 e. The standard InChI is InChI=1S/C17H23FN2O4/c1-3-23-17(24-4-2)15(22)9-14(21)12-5-6-16(19-10-12)20-8-7-13(18)11-20/h5-6,10,13,17H,3-4,7-9,11H2,1-2H3. The van der Waals surface area contributed by atoms with Crippen molar-refractivity contribution in [3.05, 3.63) is 23.9 Å². The van der Waals surface area contributed by atoms with Gasteiger partial charge in [0.1, 0.15) is 12.0 Å². The number of pyridine rings is 1. The molecule has 1 aromatic rings. The number of Topliss-reactive ketones (excluding diaryl/α,β-unsaturated/α-hetero) is 2. The van der Waals surface area contributed by atoms with Crippen LogP contribution in [0.15, 0.2) is 18.3 Å². The van der Waals surface area contributed by atoms with Gasteiger partial charge in [0.05, 0.1) is 13.0 Å². The van der Waals surface area contributed by atoms with Crippen molar-refractivity contribution in [1.82, 2.24) is 4.98 Å². The zero-order valence-electron chi connectivity index (χ0n) is 14.0. The van der Waals surface area contributed by atoms with Gasteiger partial charge in [-0.1, -0.05) is 0 Å². The molecule has 132 valence electrons. The van der Waals surface area contributed by atoms with Crippen molar-refractivity contribution in [2.75, 3.05) is 31.2 Å². The third-order valence-electron chi connectivity index (χ3n) is 3.76. The van der Waals surface area contributed by atoms with Crippen LogP contribution in [0.4, 0.5) is 10.2 Å². The number of ketones is 2. The second-order valence-electron chi connectivity index (χ2n) is 5.55. The number of rotatable bonds is 9. The fourth-order valence-corrected chi connectivity index (χ4v) is 2.54. The van der Waals surface area contributed by atoms with Crippen molar-refractivity contribution in [2.45, 2.75) is 39.2 Å². The third-order valence-corrected chi connectivity index (χ3v) is 3.76. The summed E-state index contributed by atoms with van der Waals surface area (Å²) in [4.78, 5) is 30.3. The molecule has 1 fully saturated rings. The Bertz CT molecular complexity index is 558. The smallest absolute Gasteiger partial charge is 0.218 e. The lowest BCUT2D eigenvalue weighted by molar-refractivity contribution is -0.166. The lowest BCUT2D eigenvalue weighted by Gasteiger charge is -2.16. The zero-order chi connectivity index (χ0) is 17.5. The molecule has 0 aromatic carbocycles. The van der Waals surface area contributed by atoms with Gasteiger partial charge in [-0.05, 0) is 32.4 Å². The minimum absolute atomic E-state index is 0.304. The summed E-state index contributed by atoms with van der Waals surface area (Å²) in [6, 6.07) is 3.29. The topological polar surface area (TPSA) is 68.7 Å². The van der Waals surface area contributed by atoms with Gasteiger partial charge in [-0.2, -0.15) is 0 Å². The summed E-state index contributed by atoms with van der Waals surface area (Å²) < 4.78 is 23.6. The summed E-state index contributed by atoms with van der Waals surface area (Å²) in [6.07, 6.45) is -0.232. The molecule has 1 aliphatic rings. The molecular weight excluding hydrogens is 315 g/mol. The molecule has 6 nitrogen and oxygen atoms in total. The van der Waals surface area contributed by atoms with Crippen LogP contribution in [-0.4, -0.2) is 55.3 Å². The highest BCUT2D eigenvalue weighted by molar-refractivity contribution is 6.08. The van der Waals surface area contributed by atoms with Gasteiger partial charge in [0, 0.05) is 31.5 Å². The summed E-state index contributed by atoms with van der Waals surface area (Å²) in [5.41, 5.74) is 0.342. The monoisotopic (exact) mass is 338 g/mol. The Morgan fingerprint density at radius 3 is 2.54 bits per heavy atom. The number of alkyl halides is 1. The molecule has 2 rings (SSSR count). The first-order chi connectivity index (χ1) is 11.5. The number of nitrogens with zero attached hydrogens (tertiary/aromatic N) is 2. The normalized spacial score (nSPS) is 17.5. The number of aromatic nitrogens is 1. The van der Waals surface area contributed by atoms with Gasteiger partial charge in [0.25, 0.3) is 0 Å². The minimum atomic E-state index is -1.01. The number of hydrogen-bond acceptors (Lipinski definition) is 6. The van der Waals surface area contributed by atoms with E-state index in [4.69, 9.17) is 9.47 Å². The number of halogens is 1. The zero-order valence-corrected chi connectivity index (χ0v) is 14.0. The summed E-state index contributed by atoms with van der Waals surface area (Å²) >= 11 is 0. The Labute approximate surface area is 141 Å². The third kappa shape index (κ3) is 4.82. The Balaban J connectivity index is 1.95. The number of anilines is 1. The van der Waals surface area contributed by atoms with Gasteiger partial charge >= 0.3 is 0 Å². The Morgan fingerprint density at radius 2 is 2.04 bits per heavy atom. The number of hydrogen-bond donors (Lipinski definition) is 0. The van der Waals surface area contributed by atoms with Crippen LogP contribution in [0.25, 0.3) is 0 Å². The highest BCUT2D eigenvalue weighted by Gasteiger charge is 2.24. The van der Waals surface area contributed by atoms with Gasteiger partial charge < -0.3 is 14.4 Å². The quantitative estimate of drug-likeness (QED) is 0.390. The molecule has 2 heterocycles. The summed E-state index contributed by atoms with van der Waals surface area (Å²) in [6.45, 7) is 5.10. The lowest BCUT2D eigenvalue weighted by Crippen LogP contribution is -2.29. The molecule has 1 saturated heterocycles. The van der Waals surface area contributed by atoms with E-state index in [0.717, 1.165) is 0 Å². The summed E-state index contributed by atoms with van der Waals surface area (Å²) in [7, 11) is 0. The molecule has 0 aliphatic carbocycles. The fraction of sp³-hybridized carbons (Fsp3) is 0.588. The molecule has 0 N–H and O–H groups in total. The molecule has 0 saturated carbocycles. The summed E-state index contributed by atoms with van der Waals surface area (Å²) in [5.74, 6) is -0.111. The first-order valence-electron chi connectivity index (χ1n) is 8.19. The van der Waals surface area contributed by atoms with Gasteiger partial charge in [-0.15, -0.1) is 0 Å². The Kier molecular flexibility index (Phi) is 6.81. The number of carbonyl (C=O) groups excluding carboxylic acids is 2. The lowest BCUT2D eigenvalue weighted by atomic mass is 10.1. The van der Waals surface area contributed by atoms with Gasteiger partial charge in [0.15, 0.2) is 11.6 Å². The molecule has 1 unspecified atom stereocenters. The van der Waals surface area contributed by atoms with E-state index in [1.165, 1.54) is 6.20 Å². The van der Waals surface area contributed by atoms with Crippen LogP contribution < -0.4 is 4.90 Å². The maximum absolute atomic E-state index is 13.2. The van der Waals surface area contributed by atoms with E-state index >= 15 is 0 Å². The van der Waals surface area contributed by atoms with Crippen molar-refractivity contribution in [1.29, 1.82) is 0 Å². The largest absolute Gasteiger partial charge is 0.354 e. The van der Waals surface area contributed by atoms with E-state index in [-0.39, 0.29) is 12.2 Å². The van der Waals surface area contributed by atoms with Crippen molar-refractivity contribution in [3.63, 3.8) is 0 Å². The molecule has 1 aliphatic heterocycles. The Hall–Kier alpha value is -1.86. The maximum atomic E-state index is 13.2. The van der Waals surface area contributed by atoms with E-state index < -0.39 is 18.2 Å². The second kappa shape index (κ2) is 8.84. The highest BCUT2D eigenvalue weighted by Crippen LogP contribution is 2.20. The first kappa shape index (κ1) is 18.5. The van der Waals surface area contributed by atoms with Crippen LogP contribution in [0.5, 0.6) is 0 Å². The molecule has 0 amide bonds. The molecule has 1 atom stereocenters. The predicted octanol–water partition coefficient (Wildman–Crippen LogP) is 2.17. The fourth-order valence-electron chi connectivity index (χ4n) is 2.54. The predicted molar refractivity (Wildman–Crippen MR) is 87.0 cm³/mol. The average Bonchev–Trinajstić information content (AvgIpc) is 3.01. The summed E-state index contributed by atoms with van der Waals surface area (Å²) in [5, 5.41) is 0. The van der Waals surface area contributed by atoms with Crippen molar-refractivity contribution in [2.24, 2.45) is 0 Å². The molecule has 1 aromatic heterocycles. The van der Waals surface area contributed by atoms with E-state index in [1.54, 1.807) is 26.0 Å². The second-order valence-corrected chi connectivity index (χ2v) is 5.55. The van der Waals surface area contributed by atoms with Crippen molar-refractivity contribution >= 4 is 17.4 Å². The van der Waals surface area contributed by atoms with E-state index in [2.05, 4.69) is 4.98 Å². The molecule has 0 bridgehead atoms. The average molecular weight is 338 g/mol.